The van der Waals surface area contributed by atoms with Crippen LogP contribution in [-0.2, 0) is 4.74 Å². The number of fused-ring (bicyclic) bond motifs is 1. The number of nitrogens with zero attached hydrogens (tertiary/aromatic N) is 1. The Morgan fingerprint density at radius 3 is 2.68 bits per heavy atom. The third-order valence-electron chi connectivity index (χ3n) is 3.52. The van der Waals surface area contributed by atoms with Gasteiger partial charge in [0.2, 0.25) is 0 Å². The molecule has 0 bridgehead atoms. The van der Waals surface area contributed by atoms with Crippen LogP contribution in [0.5, 0.6) is 5.75 Å². The van der Waals surface area contributed by atoms with E-state index < -0.39 is 5.60 Å². The molecule has 4 nitrogen and oxygen atoms in total. The number of anilines is 1. The number of nitrogens with two attached hydrogens (primary N) is 1. The number of aromatic nitrogens is 1. The molecule has 2 N–H and O–H groups in total. The molecule has 1 heterocycles. The van der Waals surface area contributed by atoms with Crippen LogP contribution in [0.1, 0.15) is 33.4 Å². The number of methoxy groups -OCH3 is 1. The van der Waals surface area contributed by atoms with E-state index in [-0.39, 0.29) is 0 Å². The zero-order valence-corrected chi connectivity index (χ0v) is 16.3. The third-order valence-corrected chi connectivity index (χ3v) is 4.63. The number of rotatable bonds is 7. The van der Waals surface area contributed by atoms with Crippen LogP contribution in [-0.4, -0.2) is 24.3 Å². The maximum Gasteiger partial charge on any atom is 0.131 e. The molecule has 0 aliphatic heterocycles. The molecule has 2 rings (SSSR count). The summed E-state index contributed by atoms with van der Waals surface area (Å²) < 4.78 is 11.6. The minimum atomic E-state index is -0.461. The van der Waals surface area contributed by atoms with Crippen molar-refractivity contribution in [2.24, 2.45) is 0 Å². The molecular weight excluding hydrogens is 332 g/mol. The average molecular weight is 359 g/mol. The monoisotopic (exact) mass is 358 g/mol. The van der Waals surface area contributed by atoms with Crippen molar-refractivity contribution in [3.63, 3.8) is 0 Å². The van der Waals surface area contributed by atoms with Crippen molar-refractivity contribution in [3.8, 4) is 5.75 Å². The topological polar surface area (TPSA) is 57.4 Å². The Morgan fingerprint density at radius 1 is 1.28 bits per heavy atom. The van der Waals surface area contributed by atoms with E-state index in [0.717, 1.165) is 27.3 Å². The minimum Gasteiger partial charge on any atom is -0.485 e. The van der Waals surface area contributed by atoms with Crippen LogP contribution >= 0.6 is 11.8 Å². The lowest BCUT2D eigenvalue weighted by Crippen LogP contribution is -2.33. The fourth-order valence-corrected chi connectivity index (χ4v) is 3.16. The molecule has 0 saturated carbocycles. The highest BCUT2D eigenvalue weighted by atomic mass is 32.2. The molecule has 1 aromatic heterocycles. The lowest BCUT2D eigenvalue weighted by molar-refractivity contribution is 0.0191. The van der Waals surface area contributed by atoms with Gasteiger partial charge in [0.15, 0.2) is 0 Å². The van der Waals surface area contributed by atoms with Crippen LogP contribution in [0.15, 0.2) is 41.8 Å². The summed E-state index contributed by atoms with van der Waals surface area (Å²) in [7, 11) is 1.67. The molecule has 0 unspecified atom stereocenters. The van der Waals surface area contributed by atoms with E-state index in [1.807, 2.05) is 63.4 Å². The molecule has 25 heavy (non-hydrogen) atoms. The molecule has 0 spiro atoms. The largest absolute Gasteiger partial charge is 0.485 e. The molecule has 1 aromatic carbocycles. The zero-order chi connectivity index (χ0) is 18.4. The van der Waals surface area contributed by atoms with Gasteiger partial charge >= 0.3 is 0 Å². The van der Waals surface area contributed by atoms with Gasteiger partial charge in [-0.2, -0.15) is 0 Å². The van der Waals surface area contributed by atoms with E-state index in [2.05, 4.69) is 6.08 Å². The summed E-state index contributed by atoms with van der Waals surface area (Å²) in [6, 6.07) is 7.67. The van der Waals surface area contributed by atoms with Crippen LogP contribution in [0.4, 0.5) is 5.69 Å². The van der Waals surface area contributed by atoms with Gasteiger partial charge < -0.3 is 15.2 Å². The first-order valence-electron chi connectivity index (χ1n) is 8.23. The fourth-order valence-electron chi connectivity index (χ4n) is 2.52. The second kappa shape index (κ2) is 8.41. The summed E-state index contributed by atoms with van der Waals surface area (Å²) >= 11 is 1.64. The second-order valence-electron chi connectivity index (χ2n) is 6.32. The SMILES string of the molecule is C/C=C\S/C(=C\C)c1cc(OC(C)(C)COC)c2cc(N)ccc2n1. The van der Waals surface area contributed by atoms with Gasteiger partial charge in [-0.25, -0.2) is 4.98 Å². The predicted octanol–water partition coefficient (Wildman–Crippen LogP) is 5.25. The van der Waals surface area contributed by atoms with Crippen LogP contribution in [0, 0.1) is 0 Å². The molecule has 134 valence electrons. The van der Waals surface area contributed by atoms with Crippen molar-refractivity contribution in [3.05, 3.63) is 47.5 Å². The smallest absolute Gasteiger partial charge is 0.131 e. The number of thioether (sulfide) groups is 1. The van der Waals surface area contributed by atoms with Crippen molar-refractivity contribution < 1.29 is 9.47 Å². The highest BCUT2D eigenvalue weighted by Crippen LogP contribution is 2.35. The van der Waals surface area contributed by atoms with E-state index >= 15 is 0 Å². The molecule has 0 saturated heterocycles. The lowest BCUT2D eigenvalue weighted by Gasteiger charge is -2.26. The van der Waals surface area contributed by atoms with Gasteiger partial charge in [-0.1, -0.05) is 23.9 Å². The van der Waals surface area contributed by atoms with E-state index in [4.69, 9.17) is 20.2 Å². The molecule has 2 aromatic rings. The molecule has 5 heteroatoms. The summed E-state index contributed by atoms with van der Waals surface area (Å²) in [6.07, 6.45) is 4.06. The standard InChI is InChI=1S/C20H26N2O2S/c1-6-10-25-19(7-2)17-12-18(24-20(3,4)13-23-5)15-11-14(21)8-9-16(15)22-17/h6-12H,13,21H2,1-5H3/b10-6-,19-7-. The number of ether oxygens (including phenoxy) is 2. The van der Waals surface area contributed by atoms with Crippen LogP contribution in [0.3, 0.4) is 0 Å². The first kappa shape index (κ1) is 19.3. The van der Waals surface area contributed by atoms with E-state index in [1.165, 1.54) is 0 Å². The highest BCUT2D eigenvalue weighted by Gasteiger charge is 2.22. The quantitative estimate of drug-likeness (QED) is 0.685. The number of pyridine rings is 1. The van der Waals surface area contributed by atoms with Crippen molar-refractivity contribution >= 4 is 33.3 Å². The number of benzene rings is 1. The van der Waals surface area contributed by atoms with Crippen molar-refractivity contribution in [1.82, 2.24) is 4.98 Å². The minimum absolute atomic E-state index is 0.461. The van der Waals surface area contributed by atoms with Gasteiger partial charge in [0.25, 0.3) is 0 Å². The van der Waals surface area contributed by atoms with Crippen molar-refractivity contribution in [1.29, 1.82) is 0 Å². The second-order valence-corrected chi connectivity index (χ2v) is 7.26. The normalized spacial score (nSPS) is 12.9. The zero-order valence-electron chi connectivity index (χ0n) is 15.5. The molecule has 0 amide bonds. The maximum absolute atomic E-state index is 6.28. The summed E-state index contributed by atoms with van der Waals surface area (Å²) in [5, 5.41) is 2.94. The number of hydrogen-bond acceptors (Lipinski definition) is 5. The molecule has 0 atom stereocenters. The van der Waals surface area contributed by atoms with Gasteiger partial charge in [-0.3, -0.25) is 0 Å². The van der Waals surface area contributed by atoms with Crippen molar-refractivity contribution in [2.45, 2.75) is 33.3 Å². The predicted molar refractivity (Wildman–Crippen MR) is 109 cm³/mol. The van der Waals surface area contributed by atoms with Crippen LogP contribution < -0.4 is 10.5 Å². The van der Waals surface area contributed by atoms with E-state index in [9.17, 15) is 0 Å². The number of allylic oxidation sites excluding steroid dienone is 2. The van der Waals surface area contributed by atoms with Crippen molar-refractivity contribution in [2.75, 3.05) is 19.5 Å². The average Bonchev–Trinajstić information content (AvgIpc) is 2.55. The lowest BCUT2D eigenvalue weighted by atomic mass is 10.1. The Morgan fingerprint density at radius 2 is 2.04 bits per heavy atom. The summed E-state index contributed by atoms with van der Waals surface area (Å²) in [5.74, 6) is 0.759. The summed E-state index contributed by atoms with van der Waals surface area (Å²) in [5.41, 5.74) is 7.93. The Hall–Kier alpha value is -1.98. The third kappa shape index (κ3) is 5.00. The van der Waals surface area contributed by atoms with Gasteiger partial charge in [0.1, 0.15) is 11.4 Å². The molecule has 0 radical (unpaired) electrons. The first-order valence-corrected chi connectivity index (χ1v) is 9.11. The van der Waals surface area contributed by atoms with Gasteiger partial charge in [-0.05, 0) is 51.3 Å². The highest BCUT2D eigenvalue weighted by molar-refractivity contribution is 8.10. The Balaban J connectivity index is 2.58. The molecule has 0 aliphatic rings. The van der Waals surface area contributed by atoms with Crippen LogP contribution in [0.2, 0.25) is 0 Å². The van der Waals surface area contributed by atoms with E-state index in [1.54, 1.807) is 18.9 Å². The van der Waals surface area contributed by atoms with Gasteiger partial charge in [0.05, 0.1) is 17.8 Å². The summed E-state index contributed by atoms with van der Waals surface area (Å²) in [6.45, 7) is 8.49. The Bertz CT molecular complexity index is 798. The first-order chi connectivity index (χ1) is 11.9. The van der Waals surface area contributed by atoms with Gasteiger partial charge in [0, 0.05) is 29.2 Å². The fraction of sp³-hybridized carbons (Fsp3) is 0.350. The van der Waals surface area contributed by atoms with E-state index in [0.29, 0.717) is 12.3 Å². The number of hydrogen-bond donors (Lipinski definition) is 1. The Labute approximate surface area is 154 Å². The van der Waals surface area contributed by atoms with Gasteiger partial charge in [-0.15, -0.1) is 0 Å². The van der Waals surface area contributed by atoms with Crippen LogP contribution in [0.25, 0.3) is 15.8 Å². The molecule has 0 aliphatic carbocycles. The molecule has 0 fully saturated rings. The molecular formula is C20H26N2O2S. The number of nitrogen functional groups attached to an aromatic ring is 1. The maximum atomic E-state index is 6.28. The summed E-state index contributed by atoms with van der Waals surface area (Å²) in [4.78, 5) is 5.86. The Kier molecular flexibility index (Phi) is 6.51.